The molecule has 0 unspecified atom stereocenters. The highest BCUT2D eigenvalue weighted by Crippen LogP contribution is 2.13. The number of aryl methyl sites for hydroxylation is 1. The van der Waals surface area contributed by atoms with Crippen LogP contribution in [0.1, 0.15) is 31.0 Å². The monoisotopic (exact) mass is 193 g/mol. The maximum Gasteiger partial charge on any atom is 0.0556 e. The zero-order valence-electron chi connectivity index (χ0n) is 8.96. The van der Waals surface area contributed by atoms with Crippen molar-refractivity contribution < 1.29 is 5.11 Å². The van der Waals surface area contributed by atoms with Crippen LogP contribution in [0.4, 0.5) is 0 Å². The van der Waals surface area contributed by atoms with Crippen molar-refractivity contribution in [3.05, 3.63) is 35.4 Å². The minimum Gasteiger partial charge on any atom is -0.395 e. The Labute approximate surface area is 86.0 Å². The van der Waals surface area contributed by atoms with Crippen LogP contribution in [0.15, 0.2) is 24.3 Å². The third-order valence-electron chi connectivity index (χ3n) is 2.45. The molecule has 1 atom stereocenters. The molecule has 0 aliphatic rings. The van der Waals surface area contributed by atoms with Crippen molar-refractivity contribution >= 4 is 0 Å². The summed E-state index contributed by atoms with van der Waals surface area (Å²) in [6.45, 7) is 5.10. The maximum atomic E-state index is 8.68. The number of rotatable bonds is 5. The molecule has 2 N–H and O–H groups in total. The Bertz CT molecular complexity index is 256. The molecule has 0 aromatic heterocycles. The molecule has 0 bridgehead atoms. The van der Waals surface area contributed by atoms with Crippen LogP contribution in [0, 0.1) is 0 Å². The highest BCUT2D eigenvalue weighted by Gasteiger charge is 2.02. The first-order valence-corrected chi connectivity index (χ1v) is 5.21. The van der Waals surface area contributed by atoms with Crippen molar-refractivity contribution in [1.82, 2.24) is 5.32 Å². The molecule has 2 heteroatoms. The minimum atomic E-state index is 0.192. The number of hydrogen-bond donors (Lipinski definition) is 2. The number of aliphatic hydroxyl groups excluding tert-OH is 1. The first-order valence-electron chi connectivity index (χ1n) is 5.21. The maximum absolute atomic E-state index is 8.68. The van der Waals surface area contributed by atoms with E-state index in [0.29, 0.717) is 12.6 Å². The van der Waals surface area contributed by atoms with Gasteiger partial charge in [-0.2, -0.15) is 0 Å². The van der Waals surface area contributed by atoms with E-state index in [9.17, 15) is 0 Å². The summed E-state index contributed by atoms with van der Waals surface area (Å²) in [7, 11) is 0. The lowest BCUT2D eigenvalue weighted by Crippen LogP contribution is -2.21. The Balaban J connectivity index is 2.57. The van der Waals surface area contributed by atoms with E-state index >= 15 is 0 Å². The highest BCUT2D eigenvalue weighted by atomic mass is 16.3. The summed E-state index contributed by atoms with van der Waals surface area (Å²) in [6, 6.07) is 8.92. The van der Waals surface area contributed by atoms with Gasteiger partial charge < -0.3 is 10.4 Å². The first-order chi connectivity index (χ1) is 6.77. The van der Waals surface area contributed by atoms with Gasteiger partial charge in [-0.3, -0.25) is 0 Å². The second kappa shape index (κ2) is 5.78. The number of aliphatic hydroxyl groups is 1. The number of benzene rings is 1. The molecule has 0 heterocycles. The average molecular weight is 193 g/mol. The number of hydrogen-bond acceptors (Lipinski definition) is 2. The zero-order chi connectivity index (χ0) is 10.4. The molecule has 0 saturated heterocycles. The lowest BCUT2D eigenvalue weighted by Gasteiger charge is -2.13. The molecule has 0 radical (unpaired) electrons. The second-order valence-corrected chi connectivity index (χ2v) is 3.49. The fourth-order valence-electron chi connectivity index (χ4n) is 1.44. The van der Waals surface area contributed by atoms with Crippen LogP contribution in [0.25, 0.3) is 0 Å². The van der Waals surface area contributed by atoms with E-state index in [1.807, 2.05) is 0 Å². The topological polar surface area (TPSA) is 32.3 Å². The van der Waals surface area contributed by atoms with Gasteiger partial charge in [-0.25, -0.2) is 0 Å². The lowest BCUT2D eigenvalue weighted by atomic mass is 10.1. The molecule has 0 aliphatic heterocycles. The van der Waals surface area contributed by atoms with Gasteiger partial charge in [0.15, 0.2) is 0 Å². The van der Waals surface area contributed by atoms with E-state index in [4.69, 9.17) is 5.11 Å². The molecule has 0 spiro atoms. The third-order valence-corrected chi connectivity index (χ3v) is 2.45. The summed E-state index contributed by atoms with van der Waals surface area (Å²) in [5, 5.41) is 11.9. The smallest absolute Gasteiger partial charge is 0.0556 e. The average Bonchev–Trinajstić information content (AvgIpc) is 2.26. The van der Waals surface area contributed by atoms with Crippen molar-refractivity contribution in [2.24, 2.45) is 0 Å². The summed E-state index contributed by atoms with van der Waals surface area (Å²) >= 11 is 0. The molecular weight excluding hydrogens is 174 g/mol. The molecule has 1 aromatic rings. The van der Waals surface area contributed by atoms with Gasteiger partial charge in [0, 0.05) is 12.6 Å². The Hall–Kier alpha value is -0.860. The third kappa shape index (κ3) is 3.13. The van der Waals surface area contributed by atoms with E-state index in [1.54, 1.807) is 0 Å². The van der Waals surface area contributed by atoms with Crippen LogP contribution in [0.2, 0.25) is 0 Å². The lowest BCUT2D eigenvalue weighted by molar-refractivity contribution is 0.286. The van der Waals surface area contributed by atoms with Gasteiger partial charge in [0.25, 0.3) is 0 Å². The molecular formula is C12H19NO. The number of nitrogens with one attached hydrogen (secondary N) is 1. The SMILES string of the molecule is CCc1ccc([C@H](C)NCCO)cc1. The Morgan fingerprint density at radius 1 is 1.29 bits per heavy atom. The van der Waals surface area contributed by atoms with E-state index in [1.165, 1.54) is 11.1 Å². The Morgan fingerprint density at radius 3 is 2.43 bits per heavy atom. The molecule has 1 rings (SSSR count). The summed E-state index contributed by atoms with van der Waals surface area (Å²) in [4.78, 5) is 0. The molecule has 14 heavy (non-hydrogen) atoms. The van der Waals surface area contributed by atoms with Gasteiger partial charge in [0.2, 0.25) is 0 Å². The summed E-state index contributed by atoms with van der Waals surface area (Å²) < 4.78 is 0. The van der Waals surface area contributed by atoms with Crippen molar-refractivity contribution in [3.8, 4) is 0 Å². The minimum absolute atomic E-state index is 0.192. The predicted octanol–water partition coefficient (Wildman–Crippen LogP) is 1.89. The fraction of sp³-hybridized carbons (Fsp3) is 0.500. The summed E-state index contributed by atoms with van der Waals surface area (Å²) in [5.74, 6) is 0. The highest BCUT2D eigenvalue weighted by molar-refractivity contribution is 5.24. The zero-order valence-corrected chi connectivity index (χ0v) is 8.96. The van der Waals surface area contributed by atoms with E-state index < -0.39 is 0 Å². The van der Waals surface area contributed by atoms with Crippen LogP contribution >= 0.6 is 0 Å². The van der Waals surface area contributed by atoms with Crippen LogP contribution in [-0.4, -0.2) is 18.3 Å². The largest absolute Gasteiger partial charge is 0.395 e. The standard InChI is InChI=1S/C12H19NO/c1-3-11-4-6-12(7-5-11)10(2)13-8-9-14/h4-7,10,13-14H,3,8-9H2,1-2H3/t10-/m0/s1. The van der Waals surface area contributed by atoms with Gasteiger partial charge in [-0.1, -0.05) is 31.2 Å². The van der Waals surface area contributed by atoms with Gasteiger partial charge in [0.1, 0.15) is 0 Å². The summed E-state index contributed by atoms with van der Waals surface area (Å²) in [5.41, 5.74) is 2.64. The molecule has 78 valence electrons. The molecule has 0 amide bonds. The quantitative estimate of drug-likeness (QED) is 0.748. The van der Waals surface area contributed by atoms with Crippen molar-refractivity contribution in [2.45, 2.75) is 26.3 Å². The van der Waals surface area contributed by atoms with Gasteiger partial charge >= 0.3 is 0 Å². The fourth-order valence-corrected chi connectivity index (χ4v) is 1.44. The van der Waals surface area contributed by atoms with Crippen LogP contribution in [0.3, 0.4) is 0 Å². The molecule has 1 aromatic carbocycles. The first kappa shape index (κ1) is 11.2. The van der Waals surface area contributed by atoms with Gasteiger partial charge in [-0.05, 0) is 24.5 Å². The second-order valence-electron chi connectivity index (χ2n) is 3.49. The van der Waals surface area contributed by atoms with Gasteiger partial charge in [0.05, 0.1) is 6.61 Å². The van der Waals surface area contributed by atoms with Gasteiger partial charge in [-0.15, -0.1) is 0 Å². The van der Waals surface area contributed by atoms with Crippen molar-refractivity contribution in [2.75, 3.05) is 13.2 Å². The molecule has 0 aliphatic carbocycles. The van der Waals surface area contributed by atoms with Crippen LogP contribution in [-0.2, 0) is 6.42 Å². The Kier molecular flexibility index (Phi) is 4.63. The van der Waals surface area contributed by atoms with Crippen LogP contribution < -0.4 is 5.32 Å². The van der Waals surface area contributed by atoms with E-state index in [0.717, 1.165) is 6.42 Å². The summed E-state index contributed by atoms with van der Waals surface area (Å²) in [6.07, 6.45) is 1.08. The molecule has 2 nitrogen and oxygen atoms in total. The Morgan fingerprint density at radius 2 is 1.93 bits per heavy atom. The normalized spacial score (nSPS) is 12.8. The van der Waals surface area contributed by atoms with Crippen molar-refractivity contribution in [1.29, 1.82) is 0 Å². The van der Waals surface area contributed by atoms with Crippen LogP contribution in [0.5, 0.6) is 0 Å². The molecule has 0 saturated carbocycles. The van der Waals surface area contributed by atoms with E-state index in [-0.39, 0.29) is 6.61 Å². The predicted molar refractivity (Wildman–Crippen MR) is 59.3 cm³/mol. The van der Waals surface area contributed by atoms with E-state index in [2.05, 4.69) is 43.4 Å². The van der Waals surface area contributed by atoms with Crippen molar-refractivity contribution in [3.63, 3.8) is 0 Å². The molecule has 0 fully saturated rings.